The van der Waals surface area contributed by atoms with Crippen molar-refractivity contribution in [2.75, 3.05) is 23.3 Å². The van der Waals surface area contributed by atoms with Crippen molar-refractivity contribution in [1.82, 2.24) is 5.32 Å². The average Bonchev–Trinajstić information content (AvgIpc) is 3.44. The molecule has 2 N–H and O–H groups in total. The molecule has 0 bridgehead atoms. The molecule has 23 heavy (non-hydrogen) atoms. The van der Waals surface area contributed by atoms with Crippen molar-refractivity contribution >= 4 is 23.2 Å². The van der Waals surface area contributed by atoms with Crippen LogP contribution >= 0.6 is 0 Å². The lowest BCUT2D eigenvalue weighted by molar-refractivity contribution is -0.125. The Balaban J connectivity index is 1.51. The second-order valence-electron chi connectivity index (χ2n) is 6.44. The maximum atomic E-state index is 12.2. The summed E-state index contributed by atoms with van der Waals surface area (Å²) in [7, 11) is 0. The van der Waals surface area contributed by atoms with Gasteiger partial charge in [0.25, 0.3) is 0 Å². The number of hydrogen-bond acceptors (Lipinski definition) is 3. The van der Waals surface area contributed by atoms with Gasteiger partial charge in [-0.05, 0) is 57.4 Å². The summed E-state index contributed by atoms with van der Waals surface area (Å²) in [5.74, 6) is -0.303. The lowest BCUT2D eigenvalue weighted by atomic mass is 10.2. The molecule has 2 fully saturated rings. The molecule has 2 aliphatic carbocycles. The van der Waals surface area contributed by atoms with E-state index in [4.69, 9.17) is 0 Å². The van der Waals surface area contributed by atoms with Gasteiger partial charge in [-0.15, -0.1) is 0 Å². The monoisotopic (exact) mass is 315 g/mol. The molecule has 0 saturated heterocycles. The Kier molecular flexibility index (Phi) is 4.55. The van der Waals surface area contributed by atoms with E-state index in [2.05, 4.69) is 29.4 Å². The predicted octanol–water partition coefficient (Wildman–Crippen LogP) is 2.39. The average molecular weight is 315 g/mol. The van der Waals surface area contributed by atoms with Crippen LogP contribution in [0.1, 0.15) is 33.1 Å². The second-order valence-corrected chi connectivity index (χ2v) is 6.44. The number of nitrogens with zero attached hydrogens (tertiary/aromatic N) is 1. The normalized spacial score (nSPS) is 22.3. The molecule has 1 aromatic carbocycles. The summed E-state index contributed by atoms with van der Waals surface area (Å²) in [6, 6.07) is 8.25. The fourth-order valence-corrected chi connectivity index (χ4v) is 2.89. The molecular weight excluding hydrogens is 290 g/mol. The van der Waals surface area contributed by atoms with E-state index in [1.54, 1.807) is 0 Å². The zero-order valence-corrected chi connectivity index (χ0v) is 13.8. The van der Waals surface area contributed by atoms with Crippen molar-refractivity contribution in [3.8, 4) is 0 Å². The molecule has 5 heteroatoms. The molecule has 0 aliphatic heterocycles. The highest BCUT2D eigenvalue weighted by Gasteiger charge is 2.48. The van der Waals surface area contributed by atoms with Crippen LogP contribution in [0.25, 0.3) is 0 Å². The highest BCUT2D eigenvalue weighted by molar-refractivity contribution is 5.99. The zero-order chi connectivity index (χ0) is 16.4. The van der Waals surface area contributed by atoms with Gasteiger partial charge in [0.1, 0.15) is 0 Å². The van der Waals surface area contributed by atoms with E-state index in [0.717, 1.165) is 37.3 Å². The lowest BCUT2D eigenvalue weighted by Gasteiger charge is -2.21. The van der Waals surface area contributed by atoms with Crippen LogP contribution in [0.2, 0.25) is 0 Å². The number of anilines is 2. The van der Waals surface area contributed by atoms with Gasteiger partial charge in [-0.2, -0.15) is 0 Å². The Labute approximate surface area is 137 Å². The highest BCUT2D eigenvalue weighted by atomic mass is 16.2. The van der Waals surface area contributed by atoms with E-state index in [0.29, 0.717) is 12.5 Å². The van der Waals surface area contributed by atoms with Gasteiger partial charge >= 0.3 is 0 Å². The predicted molar refractivity (Wildman–Crippen MR) is 91.4 cm³/mol. The summed E-state index contributed by atoms with van der Waals surface area (Å²) in [6.07, 6.45) is 2.82. The van der Waals surface area contributed by atoms with Crippen LogP contribution in [0, 0.1) is 11.8 Å². The molecular formula is C18H25N3O2. The van der Waals surface area contributed by atoms with E-state index in [1.165, 1.54) is 0 Å². The van der Waals surface area contributed by atoms with Crippen molar-refractivity contribution in [1.29, 1.82) is 0 Å². The first-order valence-corrected chi connectivity index (χ1v) is 8.58. The van der Waals surface area contributed by atoms with Gasteiger partial charge in [0.15, 0.2) is 0 Å². The number of hydrogen-bond donors (Lipinski definition) is 2. The molecule has 0 radical (unpaired) electrons. The number of amides is 2. The van der Waals surface area contributed by atoms with E-state index in [-0.39, 0.29) is 23.7 Å². The maximum absolute atomic E-state index is 12.2. The molecule has 2 amide bonds. The summed E-state index contributed by atoms with van der Waals surface area (Å²) in [5, 5.41) is 5.90. The zero-order valence-electron chi connectivity index (χ0n) is 13.8. The fraction of sp³-hybridized carbons (Fsp3) is 0.556. The summed E-state index contributed by atoms with van der Waals surface area (Å²) in [6.45, 7) is 6.17. The summed E-state index contributed by atoms with van der Waals surface area (Å²) in [5.41, 5.74) is 1.94. The quantitative estimate of drug-likeness (QED) is 0.812. The SMILES string of the molecule is CCN(CC)c1ccc(NC(=O)C2CC2C(=O)NC2CC2)cc1. The number of carbonyl (C=O) groups is 2. The molecule has 1 aromatic rings. The molecule has 5 nitrogen and oxygen atoms in total. The highest BCUT2D eigenvalue weighted by Crippen LogP contribution is 2.40. The van der Waals surface area contributed by atoms with Crippen LogP contribution in [-0.4, -0.2) is 30.9 Å². The summed E-state index contributed by atoms with van der Waals surface area (Å²) < 4.78 is 0. The van der Waals surface area contributed by atoms with Gasteiger partial charge in [-0.3, -0.25) is 9.59 Å². The van der Waals surface area contributed by atoms with E-state index in [9.17, 15) is 9.59 Å². The second kappa shape index (κ2) is 6.60. The summed E-state index contributed by atoms with van der Waals surface area (Å²) in [4.78, 5) is 26.4. The number of rotatable bonds is 7. The Bertz CT molecular complexity index is 576. The molecule has 0 heterocycles. The van der Waals surface area contributed by atoms with Crippen LogP contribution in [-0.2, 0) is 9.59 Å². The molecule has 2 unspecified atom stereocenters. The fourth-order valence-electron chi connectivity index (χ4n) is 2.89. The third-order valence-electron chi connectivity index (χ3n) is 4.65. The van der Waals surface area contributed by atoms with E-state index in [1.807, 2.05) is 24.3 Å². The largest absolute Gasteiger partial charge is 0.372 e. The van der Waals surface area contributed by atoms with Crippen molar-refractivity contribution in [2.45, 2.75) is 39.2 Å². The smallest absolute Gasteiger partial charge is 0.228 e. The molecule has 0 spiro atoms. The number of carbonyl (C=O) groups excluding carboxylic acids is 2. The minimum Gasteiger partial charge on any atom is -0.372 e. The topological polar surface area (TPSA) is 61.4 Å². The third-order valence-corrected chi connectivity index (χ3v) is 4.65. The van der Waals surface area contributed by atoms with Crippen molar-refractivity contribution in [2.24, 2.45) is 11.8 Å². The van der Waals surface area contributed by atoms with Crippen molar-refractivity contribution < 1.29 is 9.59 Å². The molecule has 124 valence electrons. The van der Waals surface area contributed by atoms with Gasteiger partial charge in [0.05, 0.1) is 11.8 Å². The van der Waals surface area contributed by atoms with E-state index < -0.39 is 0 Å². The van der Waals surface area contributed by atoms with Crippen LogP contribution in [0.4, 0.5) is 11.4 Å². The Morgan fingerprint density at radius 3 is 2.22 bits per heavy atom. The van der Waals surface area contributed by atoms with Crippen molar-refractivity contribution in [3.05, 3.63) is 24.3 Å². The molecule has 3 rings (SSSR count). The molecule has 0 aromatic heterocycles. The lowest BCUT2D eigenvalue weighted by Crippen LogP contribution is -2.29. The van der Waals surface area contributed by atoms with Gasteiger partial charge in [-0.25, -0.2) is 0 Å². The van der Waals surface area contributed by atoms with Crippen molar-refractivity contribution in [3.63, 3.8) is 0 Å². The number of benzene rings is 1. The summed E-state index contributed by atoms with van der Waals surface area (Å²) >= 11 is 0. The minimum absolute atomic E-state index is 0.0449. The number of nitrogens with one attached hydrogen (secondary N) is 2. The van der Waals surface area contributed by atoms with Crippen LogP contribution in [0.15, 0.2) is 24.3 Å². The van der Waals surface area contributed by atoms with Gasteiger partial charge in [-0.1, -0.05) is 0 Å². The van der Waals surface area contributed by atoms with Crippen LogP contribution < -0.4 is 15.5 Å². The van der Waals surface area contributed by atoms with Gasteiger partial charge in [0, 0.05) is 30.5 Å². The van der Waals surface area contributed by atoms with Crippen LogP contribution in [0.5, 0.6) is 0 Å². The first-order valence-electron chi connectivity index (χ1n) is 8.58. The standard InChI is InChI=1S/C18H25N3O2/c1-3-21(4-2)14-9-7-13(8-10-14)20-18(23)16-11-15(16)17(22)19-12-5-6-12/h7-10,12,15-16H,3-6,11H2,1-2H3,(H,19,22)(H,20,23). The van der Waals surface area contributed by atoms with Gasteiger partial charge < -0.3 is 15.5 Å². The van der Waals surface area contributed by atoms with Crippen LogP contribution in [0.3, 0.4) is 0 Å². The maximum Gasteiger partial charge on any atom is 0.228 e. The molecule has 2 atom stereocenters. The Morgan fingerprint density at radius 2 is 1.65 bits per heavy atom. The molecule has 2 aliphatic rings. The Hall–Kier alpha value is -2.04. The van der Waals surface area contributed by atoms with E-state index >= 15 is 0 Å². The third kappa shape index (κ3) is 3.84. The van der Waals surface area contributed by atoms with Gasteiger partial charge in [0.2, 0.25) is 11.8 Å². The minimum atomic E-state index is -0.170. The first-order chi connectivity index (χ1) is 11.1. The Morgan fingerprint density at radius 1 is 1.04 bits per heavy atom. The first kappa shape index (κ1) is 15.8. The molecule has 2 saturated carbocycles.